The van der Waals surface area contributed by atoms with Gasteiger partial charge >= 0.3 is 0 Å². The molecule has 0 unspecified atom stereocenters. The predicted octanol–water partition coefficient (Wildman–Crippen LogP) is 4.30. The average molecular weight is 557 g/mol. The van der Waals surface area contributed by atoms with Crippen LogP contribution in [0.4, 0.5) is 5.69 Å². The highest BCUT2D eigenvalue weighted by Crippen LogP contribution is 2.32. The highest BCUT2D eigenvalue weighted by molar-refractivity contribution is 9.10. The van der Waals surface area contributed by atoms with Gasteiger partial charge < -0.3 is 10.1 Å². The minimum atomic E-state index is -0.488. The van der Waals surface area contributed by atoms with Crippen LogP contribution in [0.1, 0.15) is 30.6 Å². The Kier molecular flexibility index (Phi) is 9.16. The molecule has 0 heterocycles. The Balaban J connectivity index is 1.43. The van der Waals surface area contributed by atoms with Gasteiger partial charge in [0.05, 0.1) is 4.47 Å². The summed E-state index contributed by atoms with van der Waals surface area (Å²) in [7, 11) is 0. The Labute approximate surface area is 216 Å². The summed E-state index contributed by atoms with van der Waals surface area (Å²) in [6.45, 7) is 3.66. The second-order valence-electron chi connectivity index (χ2n) is 8.07. The fraction of sp³-hybridized carbons (Fsp3) is 0.200. The normalized spacial score (nSPS) is 10.5. The summed E-state index contributed by atoms with van der Waals surface area (Å²) >= 11 is 8.56. The van der Waals surface area contributed by atoms with Crippen LogP contribution in [0.25, 0.3) is 10.8 Å². The van der Waals surface area contributed by atoms with Crippen LogP contribution >= 0.6 is 28.1 Å². The number of anilines is 1. The molecule has 0 atom stereocenters. The molecule has 3 aromatic rings. The van der Waals surface area contributed by atoms with Crippen molar-refractivity contribution in [3.63, 3.8) is 0 Å². The van der Waals surface area contributed by atoms with Gasteiger partial charge in [0.25, 0.3) is 11.8 Å². The number of nitrogens with one attached hydrogen (secondary N) is 4. The number of thiocarbonyl (C=S) groups is 1. The summed E-state index contributed by atoms with van der Waals surface area (Å²) in [4.78, 5) is 36.3. The van der Waals surface area contributed by atoms with Gasteiger partial charge in [0, 0.05) is 17.7 Å². The van der Waals surface area contributed by atoms with Crippen LogP contribution in [0.3, 0.4) is 0 Å². The predicted molar refractivity (Wildman–Crippen MR) is 143 cm³/mol. The van der Waals surface area contributed by atoms with Crippen molar-refractivity contribution < 1.29 is 19.1 Å². The lowest BCUT2D eigenvalue weighted by Gasteiger charge is -2.13. The Morgan fingerprint density at radius 2 is 1.66 bits per heavy atom. The first kappa shape index (κ1) is 26.1. The summed E-state index contributed by atoms with van der Waals surface area (Å²) < 4.78 is 6.35. The number of carbonyl (C=O) groups excluding carboxylic acids is 3. The summed E-state index contributed by atoms with van der Waals surface area (Å²) in [5, 5.41) is 7.15. The van der Waals surface area contributed by atoms with E-state index in [4.69, 9.17) is 17.0 Å². The maximum absolute atomic E-state index is 12.3. The molecule has 0 aromatic heterocycles. The molecule has 35 heavy (non-hydrogen) atoms. The molecule has 10 heteroatoms. The lowest BCUT2D eigenvalue weighted by atomic mass is 10.1. The van der Waals surface area contributed by atoms with Crippen molar-refractivity contribution in [3.8, 4) is 5.75 Å². The standard InChI is InChI=1S/C25H25BrN4O4S/c1-15(2)13-21(31)27-18-10-7-17(8-11-18)24(33)29-30-25(35)28-22(32)14-34-20-12-9-16-5-3-4-6-19(16)23(20)26/h3-12,15H,13-14H2,1-2H3,(H,27,31)(H,29,33)(H2,28,30,32,35). The first-order valence-corrected chi connectivity index (χ1v) is 12.0. The maximum Gasteiger partial charge on any atom is 0.269 e. The van der Waals surface area contributed by atoms with E-state index in [1.165, 1.54) is 0 Å². The van der Waals surface area contributed by atoms with Crippen LogP contribution in [0.2, 0.25) is 0 Å². The molecule has 182 valence electrons. The molecule has 0 aliphatic carbocycles. The highest BCUT2D eigenvalue weighted by Gasteiger charge is 2.12. The number of benzene rings is 3. The van der Waals surface area contributed by atoms with E-state index < -0.39 is 11.8 Å². The van der Waals surface area contributed by atoms with Gasteiger partial charge in [0.2, 0.25) is 5.91 Å². The number of hydrogen-bond acceptors (Lipinski definition) is 5. The van der Waals surface area contributed by atoms with E-state index in [9.17, 15) is 14.4 Å². The fourth-order valence-electron chi connectivity index (χ4n) is 3.14. The summed E-state index contributed by atoms with van der Waals surface area (Å²) in [5.41, 5.74) is 5.84. The third-order valence-electron chi connectivity index (χ3n) is 4.75. The Bertz CT molecular complexity index is 1250. The summed E-state index contributed by atoms with van der Waals surface area (Å²) in [5.74, 6) is -0.259. The van der Waals surface area contributed by atoms with E-state index in [1.54, 1.807) is 30.3 Å². The average Bonchev–Trinajstić information content (AvgIpc) is 2.82. The summed E-state index contributed by atoms with van der Waals surface area (Å²) in [6, 6.07) is 17.9. The quantitative estimate of drug-likeness (QED) is 0.255. The van der Waals surface area contributed by atoms with Gasteiger partial charge in [0.1, 0.15) is 5.75 Å². The molecular weight excluding hydrogens is 532 g/mol. The second-order valence-corrected chi connectivity index (χ2v) is 9.27. The van der Waals surface area contributed by atoms with Gasteiger partial charge in [-0.3, -0.25) is 30.6 Å². The Hall–Kier alpha value is -3.50. The van der Waals surface area contributed by atoms with Crippen LogP contribution in [-0.2, 0) is 9.59 Å². The van der Waals surface area contributed by atoms with Gasteiger partial charge in [-0.05, 0) is 75.2 Å². The third kappa shape index (κ3) is 7.76. The zero-order chi connectivity index (χ0) is 25.4. The van der Waals surface area contributed by atoms with Crippen LogP contribution in [0.5, 0.6) is 5.75 Å². The first-order chi connectivity index (χ1) is 16.7. The second kappa shape index (κ2) is 12.3. The van der Waals surface area contributed by atoms with Gasteiger partial charge in [-0.15, -0.1) is 0 Å². The zero-order valence-electron chi connectivity index (χ0n) is 19.2. The lowest BCUT2D eigenvalue weighted by molar-refractivity contribution is -0.121. The van der Waals surface area contributed by atoms with Crippen LogP contribution in [0, 0.1) is 5.92 Å². The molecule has 0 aliphatic heterocycles. The van der Waals surface area contributed by atoms with Crippen molar-refractivity contribution in [3.05, 3.63) is 70.7 Å². The van der Waals surface area contributed by atoms with Gasteiger partial charge in [0.15, 0.2) is 11.7 Å². The molecule has 0 aliphatic rings. The topological polar surface area (TPSA) is 109 Å². The van der Waals surface area contributed by atoms with Crippen LogP contribution in [-0.4, -0.2) is 29.4 Å². The molecule has 0 bridgehead atoms. The van der Waals surface area contributed by atoms with Crippen molar-refractivity contribution in [2.24, 2.45) is 5.92 Å². The maximum atomic E-state index is 12.3. The smallest absolute Gasteiger partial charge is 0.269 e. The van der Waals surface area contributed by atoms with Gasteiger partial charge in [-0.25, -0.2) is 0 Å². The third-order valence-corrected chi connectivity index (χ3v) is 5.78. The molecule has 3 aromatic carbocycles. The molecule has 4 N–H and O–H groups in total. The number of fused-ring (bicyclic) bond motifs is 1. The molecule has 3 amide bonds. The number of hydrazine groups is 1. The molecule has 0 fully saturated rings. The van der Waals surface area contributed by atoms with Crippen molar-refractivity contribution in [1.82, 2.24) is 16.2 Å². The first-order valence-electron chi connectivity index (χ1n) is 10.8. The van der Waals surface area contributed by atoms with E-state index >= 15 is 0 Å². The SMILES string of the molecule is CC(C)CC(=O)Nc1ccc(C(=O)NNC(=S)NC(=O)COc2ccc3ccccc3c2Br)cc1. The van der Waals surface area contributed by atoms with Crippen molar-refractivity contribution in [1.29, 1.82) is 0 Å². The molecule has 0 spiro atoms. The number of halogens is 1. The number of ether oxygens (including phenoxy) is 1. The van der Waals surface area contributed by atoms with Crippen LogP contribution < -0.4 is 26.2 Å². The monoisotopic (exact) mass is 556 g/mol. The highest BCUT2D eigenvalue weighted by atomic mass is 79.9. The molecule has 0 saturated heterocycles. The molecule has 0 radical (unpaired) electrons. The van der Waals surface area contributed by atoms with Crippen LogP contribution in [0.15, 0.2) is 65.1 Å². The summed E-state index contributed by atoms with van der Waals surface area (Å²) in [6.07, 6.45) is 0.417. The van der Waals surface area contributed by atoms with E-state index in [0.717, 1.165) is 15.2 Å². The lowest BCUT2D eigenvalue weighted by Crippen LogP contribution is -2.49. The van der Waals surface area contributed by atoms with E-state index in [1.807, 2.05) is 44.2 Å². The van der Waals surface area contributed by atoms with Crippen molar-refractivity contribution in [2.75, 3.05) is 11.9 Å². The number of amides is 3. The number of rotatable bonds is 7. The minimum absolute atomic E-state index is 0.0814. The Morgan fingerprint density at radius 1 is 0.943 bits per heavy atom. The minimum Gasteiger partial charge on any atom is -0.483 e. The zero-order valence-corrected chi connectivity index (χ0v) is 21.6. The van der Waals surface area contributed by atoms with Crippen molar-refractivity contribution in [2.45, 2.75) is 20.3 Å². The van der Waals surface area contributed by atoms with E-state index in [0.29, 0.717) is 23.4 Å². The van der Waals surface area contributed by atoms with Gasteiger partial charge in [-0.2, -0.15) is 0 Å². The number of hydrogen-bond donors (Lipinski definition) is 4. The Morgan fingerprint density at radius 3 is 2.37 bits per heavy atom. The van der Waals surface area contributed by atoms with Gasteiger partial charge in [-0.1, -0.05) is 44.2 Å². The fourth-order valence-corrected chi connectivity index (χ4v) is 3.91. The molecular formula is C25H25BrN4O4S. The number of carbonyl (C=O) groups is 3. The molecule has 8 nitrogen and oxygen atoms in total. The molecule has 3 rings (SSSR count). The van der Waals surface area contributed by atoms with Crippen molar-refractivity contribution >= 4 is 67.4 Å². The van der Waals surface area contributed by atoms with E-state index in [-0.39, 0.29) is 23.5 Å². The largest absolute Gasteiger partial charge is 0.483 e. The molecule has 0 saturated carbocycles. The van der Waals surface area contributed by atoms with E-state index in [2.05, 4.69) is 37.4 Å².